The number of carbonyl (C=O) groups excluding carboxylic acids is 1. The summed E-state index contributed by atoms with van der Waals surface area (Å²) in [6.45, 7) is 3.83. The summed E-state index contributed by atoms with van der Waals surface area (Å²) in [5.74, 6) is 0.0133. The lowest BCUT2D eigenvalue weighted by Gasteiger charge is -2.34. The second-order valence-corrected chi connectivity index (χ2v) is 7.61. The van der Waals surface area contributed by atoms with Crippen molar-refractivity contribution in [1.29, 1.82) is 0 Å². The number of methoxy groups -OCH3 is 1. The Morgan fingerprint density at radius 2 is 1.63 bits per heavy atom. The molecule has 0 aliphatic carbocycles. The third kappa shape index (κ3) is 4.61. The summed E-state index contributed by atoms with van der Waals surface area (Å²) >= 11 is 18.7. The van der Waals surface area contributed by atoms with Crippen molar-refractivity contribution in [3.8, 4) is 5.75 Å². The number of hydrogen-bond donors (Lipinski definition) is 1. The summed E-state index contributed by atoms with van der Waals surface area (Å²) in [7, 11) is 3.58. The monoisotopic (exact) mass is 427 g/mol. The second kappa shape index (κ2) is 8.57. The summed E-state index contributed by atoms with van der Waals surface area (Å²) in [5, 5.41) is 3.97. The van der Waals surface area contributed by atoms with Crippen molar-refractivity contribution >= 4 is 52.1 Å². The Kier molecular flexibility index (Phi) is 6.37. The fourth-order valence-electron chi connectivity index (χ4n) is 2.98. The molecule has 0 atom stereocenters. The highest BCUT2D eigenvalue weighted by Crippen LogP contribution is 2.34. The van der Waals surface area contributed by atoms with Crippen LogP contribution in [0, 0.1) is 0 Å². The van der Waals surface area contributed by atoms with Gasteiger partial charge in [0.1, 0.15) is 0 Å². The van der Waals surface area contributed by atoms with Crippen LogP contribution in [0.3, 0.4) is 0 Å². The molecule has 1 N–H and O–H groups in total. The summed E-state index contributed by atoms with van der Waals surface area (Å²) in [4.78, 5) is 17.1. The molecular formula is C19H20Cl3N3O2. The molecule has 1 heterocycles. The van der Waals surface area contributed by atoms with E-state index in [1.165, 1.54) is 19.2 Å². The van der Waals surface area contributed by atoms with Crippen molar-refractivity contribution in [3.63, 3.8) is 0 Å². The number of likely N-dealkylation sites (N-methyl/N-ethyl adjacent to an activating group) is 1. The number of halogens is 3. The number of amides is 1. The van der Waals surface area contributed by atoms with Crippen molar-refractivity contribution in [1.82, 2.24) is 4.90 Å². The van der Waals surface area contributed by atoms with E-state index < -0.39 is 0 Å². The SMILES string of the molecule is COc1c(Cl)cc(C(=O)Nc2ccc(N3CCN(C)CC3)c(Cl)c2)cc1Cl. The van der Waals surface area contributed by atoms with Gasteiger partial charge in [-0.15, -0.1) is 0 Å². The molecule has 0 saturated carbocycles. The first-order valence-corrected chi connectivity index (χ1v) is 9.60. The van der Waals surface area contributed by atoms with Gasteiger partial charge in [-0.2, -0.15) is 0 Å². The minimum absolute atomic E-state index is 0.276. The van der Waals surface area contributed by atoms with Crippen LogP contribution < -0.4 is 15.0 Å². The molecule has 0 radical (unpaired) electrons. The molecule has 0 aromatic heterocycles. The lowest BCUT2D eigenvalue weighted by molar-refractivity contribution is 0.102. The van der Waals surface area contributed by atoms with Crippen LogP contribution >= 0.6 is 34.8 Å². The zero-order valence-corrected chi connectivity index (χ0v) is 17.3. The molecular weight excluding hydrogens is 409 g/mol. The molecule has 144 valence electrons. The average molecular weight is 429 g/mol. The Balaban J connectivity index is 1.74. The summed E-state index contributed by atoms with van der Waals surface area (Å²) in [6.07, 6.45) is 0. The van der Waals surface area contributed by atoms with Gasteiger partial charge in [0.05, 0.1) is 27.9 Å². The van der Waals surface area contributed by atoms with Gasteiger partial charge in [0.25, 0.3) is 5.91 Å². The van der Waals surface area contributed by atoms with E-state index >= 15 is 0 Å². The van der Waals surface area contributed by atoms with Crippen LogP contribution in [-0.4, -0.2) is 51.1 Å². The number of anilines is 2. The predicted molar refractivity (Wildman–Crippen MR) is 112 cm³/mol. The molecule has 1 saturated heterocycles. The largest absolute Gasteiger partial charge is 0.494 e. The van der Waals surface area contributed by atoms with E-state index in [1.807, 2.05) is 12.1 Å². The summed E-state index contributed by atoms with van der Waals surface area (Å²) in [6, 6.07) is 8.55. The number of piperazine rings is 1. The molecule has 1 amide bonds. The van der Waals surface area contributed by atoms with Crippen LogP contribution in [-0.2, 0) is 0 Å². The van der Waals surface area contributed by atoms with Gasteiger partial charge >= 0.3 is 0 Å². The normalized spacial score (nSPS) is 14.9. The first kappa shape index (κ1) is 20.1. The van der Waals surface area contributed by atoms with Crippen molar-refractivity contribution in [2.75, 3.05) is 50.6 Å². The molecule has 5 nitrogen and oxygen atoms in total. The van der Waals surface area contributed by atoms with Gasteiger partial charge in [0, 0.05) is 37.4 Å². The fourth-order valence-corrected chi connectivity index (χ4v) is 3.92. The molecule has 1 aliphatic rings. The maximum absolute atomic E-state index is 12.5. The first-order valence-electron chi connectivity index (χ1n) is 8.46. The molecule has 8 heteroatoms. The molecule has 0 bridgehead atoms. The van der Waals surface area contributed by atoms with Crippen LogP contribution in [0.25, 0.3) is 0 Å². The number of benzene rings is 2. The van der Waals surface area contributed by atoms with Crippen LogP contribution in [0.5, 0.6) is 5.75 Å². The molecule has 1 fully saturated rings. The quantitative estimate of drug-likeness (QED) is 0.769. The maximum atomic E-state index is 12.5. The highest BCUT2D eigenvalue weighted by atomic mass is 35.5. The lowest BCUT2D eigenvalue weighted by atomic mass is 10.2. The van der Waals surface area contributed by atoms with Gasteiger partial charge in [0.15, 0.2) is 5.75 Å². The van der Waals surface area contributed by atoms with Crippen molar-refractivity contribution in [2.24, 2.45) is 0 Å². The molecule has 1 aliphatic heterocycles. The molecule has 2 aromatic rings. The zero-order valence-electron chi connectivity index (χ0n) is 15.1. The van der Waals surface area contributed by atoms with Gasteiger partial charge in [-0.05, 0) is 37.4 Å². The van der Waals surface area contributed by atoms with Crippen LogP contribution in [0.1, 0.15) is 10.4 Å². The third-order valence-electron chi connectivity index (χ3n) is 4.51. The maximum Gasteiger partial charge on any atom is 0.255 e. The van der Waals surface area contributed by atoms with Crippen LogP contribution in [0.4, 0.5) is 11.4 Å². The topological polar surface area (TPSA) is 44.8 Å². The zero-order chi connectivity index (χ0) is 19.6. The summed E-state index contributed by atoms with van der Waals surface area (Å²) in [5.41, 5.74) is 1.91. The molecule has 0 unspecified atom stereocenters. The van der Waals surface area contributed by atoms with E-state index in [-0.39, 0.29) is 16.0 Å². The minimum atomic E-state index is -0.329. The Morgan fingerprint density at radius 3 is 2.19 bits per heavy atom. The summed E-state index contributed by atoms with van der Waals surface area (Å²) < 4.78 is 5.10. The Labute approximate surface area is 173 Å². The van der Waals surface area contributed by atoms with Gasteiger partial charge in [0.2, 0.25) is 0 Å². The minimum Gasteiger partial charge on any atom is -0.494 e. The molecule has 27 heavy (non-hydrogen) atoms. The highest BCUT2D eigenvalue weighted by Gasteiger charge is 2.18. The van der Waals surface area contributed by atoms with Crippen molar-refractivity contribution in [3.05, 3.63) is 51.0 Å². The van der Waals surface area contributed by atoms with Crippen molar-refractivity contribution < 1.29 is 9.53 Å². The molecule has 3 rings (SSSR count). The van der Waals surface area contributed by atoms with Gasteiger partial charge in [-0.25, -0.2) is 0 Å². The Morgan fingerprint density at radius 1 is 1.00 bits per heavy atom. The van der Waals surface area contributed by atoms with Crippen molar-refractivity contribution in [2.45, 2.75) is 0 Å². The number of nitrogens with one attached hydrogen (secondary N) is 1. The van der Waals surface area contributed by atoms with E-state index in [0.29, 0.717) is 22.0 Å². The van der Waals surface area contributed by atoms with E-state index in [1.54, 1.807) is 6.07 Å². The van der Waals surface area contributed by atoms with E-state index in [0.717, 1.165) is 31.9 Å². The Hall–Kier alpha value is -1.66. The van der Waals surface area contributed by atoms with E-state index in [9.17, 15) is 4.79 Å². The van der Waals surface area contributed by atoms with Gasteiger partial charge in [-0.1, -0.05) is 34.8 Å². The number of hydrogen-bond acceptors (Lipinski definition) is 4. The van der Waals surface area contributed by atoms with Crippen LogP contribution in [0.2, 0.25) is 15.1 Å². The lowest BCUT2D eigenvalue weighted by Crippen LogP contribution is -2.44. The van der Waals surface area contributed by atoms with Gasteiger partial charge in [-0.3, -0.25) is 4.79 Å². The first-order chi connectivity index (χ1) is 12.9. The number of carbonyl (C=O) groups is 1. The standard InChI is InChI=1S/C19H20Cl3N3O2/c1-24-5-7-25(8-6-24)17-4-3-13(11-14(17)20)23-19(26)12-9-15(21)18(27-2)16(22)10-12/h3-4,9-11H,5-8H2,1-2H3,(H,23,26). The number of nitrogens with zero attached hydrogens (tertiary/aromatic N) is 2. The number of rotatable bonds is 4. The highest BCUT2D eigenvalue weighted by molar-refractivity contribution is 6.38. The Bertz CT molecular complexity index is 829. The van der Waals surface area contributed by atoms with Crippen LogP contribution in [0.15, 0.2) is 30.3 Å². The predicted octanol–water partition coefficient (Wildman–Crippen LogP) is 4.66. The third-order valence-corrected chi connectivity index (χ3v) is 5.38. The van der Waals surface area contributed by atoms with E-state index in [2.05, 4.69) is 22.2 Å². The fraction of sp³-hybridized carbons (Fsp3) is 0.316. The smallest absolute Gasteiger partial charge is 0.255 e. The van der Waals surface area contributed by atoms with Gasteiger partial charge < -0.3 is 19.9 Å². The average Bonchev–Trinajstić information content (AvgIpc) is 2.62. The second-order valence-electron chi connectivity index (χ2n) is 6.38. The number of ether oxygens (including phenoxy) is 1. The molecule has 0 spiro atoms. The van der Waals surface area contributed by atoms with E-state index in [4.69, 9.17) is 39.5 Å². The molecule has 2 aromatic carbocycles.